The molecule has 2 heterocycles. The van der Waals surface area contributed by atoms with Gasteiger partial charge in [0, 0.05) is 28.7 Å². The number of methoxy groups -OCH3 is 1. The lowest BCUT2D eigenvalue weighted by Crippen LogP contribution is -2.29. The number of aliphatic hydroxyl groups excluding tert-OH is 1. The van der Waals surface area contributed by atoms with Crippen molar-refractivity contribution in [3.63, 3.8) is 0 Å². The monoisotopic (exact) mass is 476 g/mol. The van der Waals surface area contributed by atoms with E-state index in [4.69, 9.17) is 16.3 Å². The minimum Gasteiger partial charge on any atom is -0.507 e. The van der Waals surface area contributed by atoms with Crippen molar-refractivity contribution in [2.24, 2.45) is 0 Å². The largest absolute Gasteiger partial charge is 0.507 e. The molecule has 0 aliphatic carbocycles. The highest BCUT2D eigenvalue weighted by Gasteiger charge is 2.47. The SMILES string of the molecule is COc1cc(C)c(/C(O)=C2\C(=O)C(=O)N(c3ccc(Cl)cc3)C2c2cccnc2)cc1C(C)C. The van der Waals surface area contributed by atoms with Gasteiger partial charge in [-0.15, -0.1) is 0 Å². The second kappa shape index (κ2) is 9.31. The molecule has 1 amide bonds. The molecule has 1 atom stereocenters. The van der Waals surface area contributed by atoms with Gasteiger partial charge in [-0.3, -0.25) is 19.5 Å². The third-order valence-corrected chi connectivity index (χ3v) is 6.26. The number of nitrogens with zero attached hydrogens (tertiary/aromatic N) is 2. The fourth-order valence-electron chi connectivity index (χ4n) is 4.28. The molecule has 1 aliphatic heterocycles. The maximum Gasteiger partial charge on any atom is 0.300 e. The Morgan fingerprint density at radius 3 is 2.44 bits per heavy atom. The first kappa shape index (κ1) is 23.5. The van der Waals surface area contributed by atoms with Crippen molar-refractivity contribution in [1.29, 1.82) is 0 Å². The Kier molecular flexibility index (Phi) is 6.44. The molecule has 1 N–H and O–H groups in total. The average molecular weight is 477 g/mol. The van der Waals surface area contributed by atoms with E-state index in [1.165, 1.54) is 4.90 Å². The minimum absolute atomic E-state index is 0.0101. The highest BCUT2D eigenvalue weighted by Crippen LogP contribution is 2.43. The zero-order valence-electron chi connectivity index (χ0n) is 19.4. The number of anilines is 1. The molecule has 0 bridgehead atoms. The molecule has 0 spiro atoms. The Morgan fingerprint density at radius 1 is 1.15 bits per heavy atom. The molecule has 0 saturated carbocycles. The number of aromatic nitrogens is 1. The Balaban J connectivity index is 1.97. The first-order chi connectivity index (χ1) is 16.2. The third-order valence-electron chi connectivity index (χ3n) is 6.00. The Morgan fingerprint density at radius 2 is 1.85 bits per heavy atom. The van der Waals surface area contributed by atoms with Crippen LogP contribution in [0.5, 0.6) is 5.75 Å². The zero-order chi connectivity index (χ0) is 24.6. The van der Waals surface area contributed by atoms with Gasteiger partial charge in [-0.2, -0.15) is 0 Å². The Bertz CT molecular complexity index is 1280. The smallest absolute Gasteiger partial charge is 0.300 e. The van der Waals surface area contributed by atoms with Crippen LogP contribution in [-0.2, 0) is 9.59 Å². The first-order valence-corrected chi connectivity index (χ1v) is 11.3. The summed E-state index contributed by atoms with van der Waals surface area (Å²) in [7, 11) is 1.60. The molecule has 1 saturated heterocycles. The van der Waals surface area contributed by atoms with E-state index in [-0.39, 0.29) is 17.3 Å². The summed E-state index contributed by atoms with van der Waals surface area (Å²) in [5.41, 5.74) is 3.20. The maximum absolute atomic E-state index is 13.3. The van der Waals surface area contributed by atoms with Crippen LogP contribution in [0.25, 0.3) is 5.76 Å². The number of hydrogen-bond donors (Lipinski definition) is 1. The molecule has 6 nitrogen and oxygen atoms in total. The predicted octanol–water partition coefficient (Wildman–Crippen LogP) is 5.80. The number of carbonyl (C=O) groups is 2. The summed E-state index contributed by atoms with van der Waals surface area (Å²) >= 11 is 6.04. The van der Waals surface area contributed by atoms with Gasteiger partial charge in [0.25, 0.3) is 11.7 Å². The molecule has 174 valence electrons. The van der Waals surface area contributed by atoms with Crippen molar-refractivity contribution >= 4 is 34.7 Å². The number of aryl methyl sites for hydroxylation is 1. The van der Waals surface area contributed by atoms with Crippen molar-refractivity contribution in [2.45, 2.75) is 32.7 Å². The van der Waals surface area contributed by atoms with E-state index in [1.54, 1.807) is 55.9 Å². The minimum atomic E-state index is -0.848. The van der Waals surface area contributed by atoms with Gasteiger partial charge in [0.05, 0.1) is 18.7 Å². The highest BCUT2D eigenvalue weighted by molar-refractivity contribution is 6.51. The standard InChI is InChI=1S/C27H25ClN2O4/c1-15(2)20-13-21(16(3)12-22(20)34-4)25(31)23-24(17-6-5-11-29-14-17)30(27(33)26(23)32)19-9-7-18(28)8-10-19/h5-15,24,31H,1-4H3/b25-23+. The van der Waals surface area contributed by atoms with E-state index >= 15 is 0 Å². The van der Waals surface area contributed by atoms with Gasteiger partial charge < -0.3 is 9.84 Å². The van der Waals surface area contributed by atoms with Crippen molar-refractivity contribution in [1.82, 2.24) is 4.98 Å². The summed E-state index contributed by atoms with van der Waals surface area (Å²) < 4.78 is 5.51. The van der Waals surface area contributed by atoms with E-state index in [9.17, 15) is 14.7 Å². The molecule has 1 unspecified atom stereocenters. The van der Waals surface area contributed by atoms with E-state index in [1.807, 2.05) is 32.9 Å². The number of amides is 1. The number of hydrogen-bond acceptors (Lipinski definition) is 5. The molecule has 1 fully saturated rings. The number of carbonyl (C=O) groups excluding carboxylic acids is 2. The number of rotatable bonds is 5. The van der Waals surface area contributed by atoms with Crippen LogP contribution in [0.2, 0.25) is 5.02 Å². The number of ketones is 1. The molecule has 3 aromatic rings. The summed E-state index contributed by atoms with van der Waals surface area (Å²) in [4.78, 5) is 32.1. The van der Waals surface area contributed by atoms with Gasteiger partial charge in [0.15, 0.2) is 0 Å². The number of pyridine rings is 1. The van der Waals surface area contributed by atoms with Crippen LogP contribution in [-0.4, -0.2) is 28.9 Å². The summed E-state index contributed by atoms with van der Waals surface area (Å²) in [5, 5.41) is 12.0. The fourth-order valence-corrected chi connectivity index (χ4v) is 4.41. The van der Waals surface area contributed by atoms with Crippen LogP contribution in [0.3, 0.4) is 0 Å². The molecule has 34 heavy (non-hydrogen) atoms. The maximum atomic E-state index is 13.3. The van der Waals surface area contributed by atoms with Gasteiger partial charge in [-0.05, 0) is 72.0 Å². The van der Waals surface area contributed by atoms with E-state index in [0.717, 1.165) is 11.1 Å². The summed E-state index contributed by atoms with van der Waals surface area (Å²) in [6.07, 6.45) is 3.20. The molecule has 7 heteroatoms. The van der Waals surface area contributed by atoms with Crippen LogP contribution in [0, 0.1) is 6.92 Å². The quantitative estimate of drug-likeness (QED) is 0.286. The molecule has 2 aromatic carbocycles. The van der Waals surface area contributed by atoms with Crippen LogP contribution < -0.4 is 9.64 Å². The lowest BCUT2D eigenvalue weighted by atomic mass is 9.91. The number of halogens is 1. The zero-order valence-corrected chi connectivity index (χ0v) is 20.1. The lowest BCUT2D eigenvalue weighted by molar-refractivity contribution is -0.132. The van der Waals surface area contributed by atoms with Crippen LogP contribution in [0.1, 0.15) is 48.1 Å². The van der Waals surface area contributed by atoms with Gasteiger partial charge in [0.1, 0.15) is 11.5 Å². The summed E-state index contributed by atoms with van der Waals surface area (Å²) in [5.74, 6) is -0.900. The highest BCUT2D eigenvalue weighted by atomic mass is 35.5. The van der Waals surface area contributed by atoms with Crippen LogP contribution in [0.15, 0.2) is 66.5 Å². The molecule has 1 aliphatic rings. The van der Waals surface area contributed by atoms with Crippen LogP contribution in [0.4, 0.5) is 5.69 Å². The number of aliphatic hydroxyl groups is 1. The molecular weight excluding hydrogens is 452 g/mol. The third kappa shape index (κ3) is 4.05. The summed E-state index contributed by atoms with van der Waals surface area (Å²) in [6.45, 7) is 5.87. The van der Waals surface area contributed by atoms with E-state index < -0.39 is 17.7 Å². The van der Waals surface area contributed by atoms with Gasteiger partial charge in [-0.1, -0.05) is 31.5 Å². The fraction of sp³-hybridized carbons (Fsp3) is 0.222. The second-order valence-corrected chi connectivity index (χ2v) is 8.93. The normalized spacial score (nSPS) is 17.5. The number of Topliss-reactive ketones (excluding diaryl/α,β-unsaturated/α-hetero) is 1. The van der Waals surface area contributed by atoms with Crippen molar-refractivity contribution in [3.8, 4) is 5.75 Å². The Hall–Kier alpha value is -3.64. The molecular formula is C27H25ClN2O4. The molecule has 0 radical (unpaired) electrons. The number of ether oxygens (including phenoxy) is 1. The molecule has 1 aromatic heterocycles. The van der Waals surface area contributed by atoms with Gasteiger partial charge in [0.2, 0.25) is 0 Å². The average Bonchev–Trinajstić information content (AvgIpc) is 3.09. The first-order valence-electron chi connectivity index (χ1n) is 10.9. The topological polar surface area (TPSA) is 79.7 Å². The van der Waals surface area contributed by atoms with E-state index in [0.29, 0.717) is 27.6 Å². The van der Waals surface area contributed by atoms with Crippen molar-refractivity contribution in [3.05, 3.63) is 93.8 Å². The van der Waals surface area contributed by atoms with E-state index in [2.05, 4.69) is 4.98 Å². The van der Waals surface area contributed by atoms with Crippen molar-refractivity contribution in [2.75, 3.05) is 12.0 Å². The van der Waals surface area contributed by atoms with Gasteiger partial charge >= 0.3 is 0 Å². The lowest BCUT2D eigenvalue weighted by Gasteiger charge is -2.25. The van der Waals surface area contributed by atoms with Crippen molar-refractivity contribution < 1.29 is 19.4 Å². The van der Waals surface area contributed by atoms with Gasteiger partial charge in [-0.25, -0.2) is 0 Å². The number of benzene rings is 2. The predicted molar refractivity (Wildman–Crippen MR) is 132 cm³/mol. The van der Waals surface area contributed by atoms with Crippen LogP contribution >= 0.6 is 11.6 Å². The molecule has 4 rings (SSSR count). The summed E-state index contributed by atoms with van der Waals surface area (Å²) in [6, 6.07) is 13.0. The second-order valence-electron chi connectivity index (χ2n) is 8.50. The Labute approximate surface area is 203 Å².